The number of rotatable bonds is 6. The second kappa shape index (κ2) is 8.31. The van der Waals surface area contributed by atoms with Crippen molar-refractivity contribution >= 4 is 17.2 Å². The summed E-state index contributed by atoms with van der Waals surface area (Å²) in [4.78, 5) is 25.1. The number of piperidine rings is 1. The van der Waals surface area contributed by atoms with Crippen molar-refractivity contribution in [2.75, 3.05) is 13.1 Å². The van der Waals surface area contributed by atoms with Crippen LogP contribution < -0.4 is 10.6 Å². The second-order valence-corrected chi connectivity index (χ2v) is 7.31. The van der Waals surface area contributed by atoms with E-state index in [2.05, 4.69) is 35.9 Å². The molecule has 27 heavy (non-hydrogen) atoms. The van der Waals surface area contributed by atoms with Crippen LogP contribution in [0.2, 0.25) is 0 Å². The number of aromatic nitrogens is 6. The zero-order valence-electron chi connectivity index (χ0n) is 14.7. The van der Waals surface area contributed by atoms with Gasteiger partial charge in [0, 0.05) is 24.3 Å². The van der Waals surface area contributed by atoms with Gasteiger partial charge in [-0.2, -0.15) is 0 Å². The van der Waals surface area contributed by atoms with Crippen molar-refractivity contribution in [1.82, 2.24) is 40.6 Å². The Hall–Kier alpha value is -2.72. The van der Waals surface area contributed by atoms with Crippen molar-refractivity contribution in [3.8, 4) is 10.7 Å². The molecule has 10 heteroatoms. The van der Waals surface area contributed by atoms with E-state index in [1.165, 1.54) is 24.2 Å². The van der Waals surface area contributed by atoms with E-state index in [1.807, 2.05) is 5.38 Å². The van der Waals surface area contributed by atoms with E-state index in [1.54, 1.807) is 29.5 Å². The third kappa shape index (κ3) is 4.52. The zero-order valence-corrected chi connectivity index (χ0v) is 15.5. The van der Waals surface area contributed by atoms with E-state index in [4.69, 9.17) is 0 Å². The fraction of sp³-hybridized carbons (Fsp3) is 0.412. The Morgan fingerprint density at radius 1 is 1.41 bits per heavy atom. The van der Waals surface area contributed by atoms with Crippen LogP contribution in [0.4, 0.5) is 0 Å². The summed E-state index contributed by atoms with van der Waals surface area (Å²) in [6, 6.07) is 0. The minimum absolute atomic E-state index is 0.253. The van der Waals surface area contributed by atoms with E-state index in [0.29, 0.717) is 18.2 Å². The van der Waals surface area contributed by atoms with E-state index >= 15 is 0 Å². The van der Waals surface area contributed by atoms with Crippen LogP contribution in [0.3, 0.4) is 0 Å². The molecule has 4 heterocycles. The Morgan fingerprint density at radius 2 is 2.37 bits per heavy atom. The van der Waals surface area contributed by atoms with Crippen molar-refractivity contribution in [2.24, 2.45) is 5.92 Å². The quantitative estimate of drug-likeness (QED) is 0.655. The molecule has 3 aromatic rings. The number of amides is 1. The molecule has 9 nitrogen and oxygen atoms in total. The number of thiazole rings is 1. The van der Waals surface area contributed by atoms with E-state index in [-0.39, 0.29) is 5.91 Å². The van der Waals surface area contributed by atoms with Gasteiger partial charge < -0.3 is 10.6 Å². The maximum Gasteiger partial charge on any atom is 0.273 e. The standard InChI is InChI=1S/C17H20N8OS/c26-16(15-10-25(24-23-15)9-12-2-1-3-18-6-12)21-7-13-11-27-17(22-13)14-8-19-4-5-20-14/h4-5,8,10-12,18H,1-3,6-7,9H2,(H,21,26). The molecule has 1 atom stereocenters. The molecule has 1 fully saturated rings. The average Bonchev–Trinajstić information content (AvgIpc) is 3.37. The van der Waals surface area contributed by atoms with Crippen LogP contribution in [0.25, 0.3) is 10.7 Å². The lowest BCUT2D eigenvalue weighted by Crippen LogP contribution is -2.32. The number of hydrogen-bond donors (Lipinski definition) is 2. The number of carbonyl (C=O) groups excluding carboxylic acids is 1. The third-order valence-corrected chi connectivity index (χ3v) is 5.29. The molecule has 0 spiro atoms. The number of nitrogens with zero attached hydrogens (tertiary/aromatic N) is 6. The fourth-order valence-corrected chi connectivity index (χ4v) is 3.79. The van der Waals surface area contributed by atoms with Crippen LogP contribution >= 0.6 is 11.3 Å². The van der Waals surface area contributed by atoms with Gasteiger partial charge in [-0.3, -0.25) is 19.4 Å². The largest absolute Gasteiger partial charge is 0.345 e. The van der Waals surface area contributed by atoms with Gasteiger partial charge in [0.2, 0.25) is 0 Å². The average molecular weight is 384 g/mol. The van der Waals surface area contributed by atoms with Crippen molar-refractivity contribution in [3.05, 3.63) is 41.6 Å². The highest BCUT2D eigenvalue weighted by molar-refractivity contribution is 7.13. The lowest BCUT2D eigenvalue weighted by atomic mass is 10.00. The molecule has 0 bridgehead atoms. The summed E-state index contributed by atoms with van der Waals surface area (Å²) in [5.74, 6) is 0.281. The first-order chi connectivity index (χ1) is 13.3. The van der Waals surface area contributed by atoms with Gasteiger partial charge in [0.1, 0.15) is 10.7 Å². The van der Waals surface area contributed by atoms with E-state index in [0.717, 1.165) is 36.0 Å². The zero-order chi connectivity index (χ0) is 18.5. The minimum atomic E-state index is -0.253. The summed E-state index contributed by atoms with van der Waals surface area (Å²) >= 11 is 1.47. The second-order valence-electron chi connectivity index (χ2n) is 6.46. The van der Waals surface area contributed by atoms with E-state index < -0.39 is 0 Å². The van der Waals surface area contributed by atoms with Gasteiger partial charge in [0.25, 0.3) is 5.91 Å². The van der Waals surface area contributed by atoms with Gasteiger partial charge in [0.05, 0.1) is 24.6 Å². The molecule has 1 aliphatic heterocycles. The first-order valence-corrected chi connectivity index (χ1v) is 9.76. The summed E-state index contributed by atoms with van der Waals surface area (Å²) in [5.41, 5.74) is 1.82. The van der Waals surface area contributed by atoms with Crippen LogP contribution in [0.5, 0.6) is 0 Å². The van der Waals surface area contributed by atoms with Crippen LogP contribution in [0, 0.1) is 5.92 Å². The summed E-state index contributed by atoms with van der Waals surface area (Å²) < 4.78 is 1.75. The minimum Gasteiger partial charge on any atom is -0.345 e. The molecule has 1 unspecified atom stereocenters. The molecule has 1 amide bonds. The highest BCUT2D eigenvalue weighted by Gasteiger charge is 2.16. The molecular weight excluding hydrogens is 364 g/mol. The van der Waals surface area contributed by atoms with Crippen LogP contribution in [0.15, 0.2) is 30.2 Å². The molecule has 0 aliphatic carbocycles. The maximum absolute atomic E-state index is 12.3. The van der Waals surface area contributed by atoms with Crippen molar-refractivity contribution in [2.45, 2.75) is 25.9 Å². The van der Waals surface area contributed by atoms with Gasteiger partial charge in [-0.15, -0.1) is 16.4 Å². The lowest BCUT2D eigenvalue weighted by molar-refractivity contribution is 0.0945. The van der Waals surface area contributed by atoms with Crippen molar-refractivity contribution in [3.63, 3.8) is 0 Å². The van der Waals surface area contributed by atoms with Gasteiger partial charge in [-0.1, -0.05) is 5.21 Å². The SMILES string of the molecule is O=C(NCc1csc(-c2cnccn2)n1)c1cn(CC2CCCNC2)nn1. The predicted octanol–water partition coefficient (Wildman–Crippen LogP) is 1.12. The van der Waals surface area contributed by atoms with Crippen LogP contribution in [-0.2, 0) is 13.1 Å². The summed E-state index contributed by atoms with van der Waals surface area (Å²) in [6.45, 7) is 3.17. The maximum atomic E-state index is 12.3. The molecule has 140 valence electrons. The highest BCUT2D eigenvalue weighted by Crippen LogP contribution is 2.20. The molecule has 1 aliphatic rings. The molecule has 0 radical (unpaired) electrons. The number of nitrogens with one attached hydrogen (secondary N) is 2. The monoisotopic (exact) mass is 384 g/mol. The first-order valence-electron chi connectivity index (χ1n) is 8.88. The van der Waals surface area contributed by atoms with Crippen LogP contribution in [-0.4, -0.2) is 48.9 Å². The normalized spacial score (nSPS) is 17.0. The molecule has 0 aromatic carbocycles. The first kappa shape index (κ1) is 17.7. The van der Waals surface area contributed by atoms with Crippen molar-refractivity contribution < 1.29 is 4.79 Å². The van der Waals surface area contributed by atoms with Gasteiger partial charge in [-0.25, -0.2) is 4.98 Å². The van der Waals surface area contributed by atoms with E-state index in [9.17, 15) is 4.79 Å². The molecule has 0 saturated carbocycles. The third-order valence-electron chi connectivity index (χ3n) is 4.38. The summed E-state index contributed by atoms with van der Waals surface area (Å²) in [7, 11) is 0. The highest BCUT2D eigenvalue weighted by atomic mass is 32.1. The van der Waals surface area contributed by atoms with Gasteiger partial charge in [0.15, 0.2) is 5.69 Å². The predicted molar refractivity (Wildman–Crippen MR) is 99.9 cm³/mol. The summed E-state index contributed by atoms with van der Waals surface area (Å²) in [5, 5.41) is 17.0. The fourth-order valence-electron chi connectivity index (χ4n) is 3.01. The molecule has 3 aromatic heterocycles. The number of carbonyl (C=O) groups is 1. The Labute approximate surface area is 160 Å². The van der Waals surface area contributed by atoms with Gasteiger partial charge >= 0.3 is 0 Å². The Morgan fingerprint density at radius 3 is 3.19 bits per heavy atom. The van der Waals surface area contributed by atoms with Crippen molar-refractivity contribution in [1.29, 1.82) is 0 Å². The van der Waals surface area contributed by atoms with Gasteiger partial charge in [-0.05, 0) is 31.8 Å². The molecule has 2 N–H and O–H groups in total. The Bertz CT molecular complexity index is 887. The summed E-state index contributed by atoms with van der Waals surface area (Å²) in [6.07, 6.45) is 8.97. The molecular formula is C17H20N8OS. The topological polar surface area (TPSA) is 111 Å². The molecule has 1 saturated heterocycles. The Balaban J connectivity index is 1.31. The van der Waals surface area contributed by atoms with Crippen LogP contribution in [0.1, 0.15) is 29.0 Å². The lowest BCUT2D eigenvalue weighted by Gasteiger charge is -2.22. The smallest absolute Gasteiger partial charge is 0.273 e. The molecule has 4 rings (SSSR count). The Kier molecular flexibility index (Phi) is 5.45. The number of hydrogen-bond acceptors (Lipinski definition) is 8.